The number of thioether (sulfide) groups is 1. The molecule has 0 bridgehead atoms. The van der Waals surface area contributed by atoms with E-state index in [4.69, 9.17) is 21.1 Å². The molecule has 0 radical (unpaired) electrons. The number of nitrogens with one attached hydrogen (secondary N) is 1. The van der Waals surface area contributed by atoms with E-state index in [1.807, 2.05) is 72.8 Å². The van der Waals surface area contributed by atoms with Crippen LogP contribution in [0.3, 0.4) is 0 Å². The summed E-state index contributed by atoms with van der Waals surface area (Å²) in [5.74, 6) is 1.96. The summed E-state index contributed by atoms with van der Waals surface area (Å²) in [6.45, 7) is 0.414. The van der Waals surface area contributed by atoms with Crippen LogP contribution in [0.5, 0.6) is 11.5 Å². The Kier molecular flexibility index (Phi) is 9.93. The normalized spacial score (nSPS) is 13.8. The van der Waals surface area contributed by atoms with Crippen LogP contribution in [0, 0.1) is 0 Å². The van der Waals surface area contributed by atoms with Crippen LogP contribution >= 0.6 is 23.4 Å². The number of hydrogen-bond donors (Lipinski definition) is 1. The molecular weight excluding hydrogens is 558 g/mol. The Hall–Kier alpha value is -3.82. The molecule has 0 saturated heterocycles. The SMILES string of the molecule is COc1ccc(/C=N/NC(=O)CSc2nnc(-c3ccc(Cl)cc3)n2C2CCCCC2)cc1OCc1ccccc1. The minimum atomic E-state index is -0.230. The molecule has 5 rings (SSSR count). The number of aromatic nitrogens is 3. The van der Waals surface area contributed by atoms with Crippen molar-refractivity contribution in [3.05, 3.63) is 88.9 Å². The van der Waals surface area contributed by atoms with E-state index in [9.17, 15) is 4.79 Å². The Morgan fingerprint density at radius 2 is 1.83 bits per heavy atom. The number of hydrazone groups is 1. The lowest BCUT2D eigenvalue weighted by Crippen LogP contribution is -2.20. The van der Waals surface area contributed by atoms with Gasteiger partial charge < -0.3 is 9.47 Å². The second kappa shape index (κ2) is 14.2. The molecule has 212 valence electrons. The molecule has 1 aromatic heterocycles. The van der Waals surface area contributed by atoms with Gasteiger partial charge in [-0.15, -0.1) is 10.2 Å². The minimum absolute atomic E-state index is 0.164. The Morgan fingerprint density at radius 3 is 2.59 bits per heavy atom. The first-order chi connectivity index (χ1) is 20.1. The number of ether oxygens (including phenoxy) is 2. The Bertz CT molecular complexity index is 1470. The topological polar surface area (TPSA) is 90.6 Å². The molecule has 1 aliphatic carbocycles. The van der Waals surface area contributed by atoms with E-state index >= 15 is 0 Å². The molecule has 8 nitrogen and oxygen atoms in total. The molecule has 41 heavy (non-hydrogen) atoms. The quantitative estimate of drug-likeness (QED) is 0.116. The standard InChI is InChI=1S/C31H32ClN5O3S/c1-39-27-17-12-23(18-28(27)40-20-22-8-4-2-5-9-22)19-33-34-29(38)21-41-31-36-35-30(24-13-15-25(32)16-14-24)37(31)26-10-6-3-7-11-26/h2,4-5,8-9,12-19,26H,3,6-7,10-11,20-21H2,1H3,(H,34,38)/b33-19+. The smallest absolute Gasteiger partial charge is 0.250 e. The molecule has 1 saturated carbocycles. The van der Waals surface area contributed by atoms with E-state index in [2.05, 4.69) is 25.3 Å². The molecule has 10 heteroatoms. The van der Waals surface area contributed by atoms with Crippen LogP contribution in [-0.2, 0) is 11.4 Å². The zero-order valence-electron chi connectivity index (χ0n) is 22.8. The number of rotatable bonds is 11. The number of carbonyl (C=O) groups is 1. The lowest BCUT2D eigenvalue weighted by molar-refractivity contribution is -0.118. The second-order valence-electron chi connectivity index (χ2n) is 9.74. The van der Waals surface area contributed by atoms with Crippen molar-refractivity contribution in [1.29, 1.82) is 0 Å². The van der Waals surface area contributed by atoms with Gasteiger partial charge in [0.15, 0.2) is 22.5 Å². The zero-order valence-corrected chi connectivity index (χ0v) is 24.4. The average molecular weight is 590 g/mol. The van der Waals surface area contributed by atoms with Crippen LogP contribution in [0.1, 0.15) is 49.3 Å². The first-order valence-electron chi connectivity index (χ1n) is 13.6. The van der Waals surface area contributed by atoms with E-state index in [1.54, 1.807) is 13.3 Å². The van der Waals surface area contributed by atoms with Gasteiger partial charge in [0.2, 0.25) is 0 Å². The van der Waals surface area contributed by atoms with Crippen molar-refractivity contribution in [2.24, 2.45) is 5.10 Å². The maximum Gasteiger partial charge on any atom is 0.250 e. The monoisotopic (exact) mass is 589 g/mol. The summed E-state index contributed by atoms with van der Waals surface area (Å²) in [7, 11) is 1.60. The third kappa shape index (κ3) is 7.68. The van der Waals surface area contributed by atoms with Crippen molar-refractivity contribution in [2.45, 2.75) is 49.9 Å². The number of nitrogens with zero attached hydrogens (tertiary/aromatic N) is 4. The number of methoxy groups -OCH3 is 1. The number of hydrogen-bond acceptors (Lipinski definition) is 7. The summed E-state index contributed by atoms with van der Waals surface area (Å²) < 4.78 is 13.6. The van der Waals surface area contributed by atoms with Crippen LogP contribution in [0.2, 0.25) is 5.02 Å². The van der Waals surface area contributed by atoms with Gasteiger partial charge in [-0.1, -0.05) is 73.0 Å². The van der Waals surface area contributed by atoms with Gasteiger partial charge in [0.25, 0.3) is 5.91 Å². The predicted octanol–water partition coefficient (Wildman–Crippen LogP) is 6.93. The van der Waals surface area contributed by atoms with Crippen LogP contribution in [0.15, 0.2) is 83.1 Å². The lowest BCUT2D eigenvalue weighted by atomic mass is 9.95. The van der Waals surface area contributed by atoms with Gasteiger partial charge in [-0.3, -0.25) is 9.36 Å². The van der Waals surface area contributed by atoms with Gasteiger partial charge in [-0.05, 0) is 66.4 Å². The summed E-state index contributed by atoms with van der Waals surface area (Å²) in [6, 6.07) is 23.3. The van der Waals surface area contributed by atoms with Crippen molar-refractivity contribution >= 4 is 35.5 Å². The maximum absolute atomic E-state index is 12.7. The van der Waals surface area contributed by atoms with Crippen LogP contribution < -0.4 is 14.9 Å². The van der Waals surface area contributed by atoms with Gasteiger partial charge in [-0.2, -0.15) is 5.10 Å². The number of amides is 1. The van der Waals surface area contributed by atoms with Gasteiger partial charge in [0.05, 0.1) is 19.1 Å². The molecular formula is C31H32ClN5O3S. The summed E-state index contributed by atoms with van der Waals surface area (Å²) in [5.41, 5.74) is 5.40. The molecule has 0 aliphatic heterocycles. The van der Waals surface area contributed by atoms with E-state index < -0.39 is 0 Å². The van der Waals surface area contributed by atoms with Gasteiger partial charge in [0, 0.05) is 16.6 Å². The molecule has 0 unspecified atom stereocenters. The molecule has 0 atom stereocenters. The largest absolute Gasteiger partial charge is 0.493 e. The van der Waals surface area contributed by atoms with Crippen molar-refractivity contribution < 1.29 is 14.3 Å². The lowest BCUT2D eigenvalue weighted by Gasteiger charge is -2.25. The number of halogens is 1. The summed E-state index contributed by atoms with van der Waals surface area (Å²) in [4.78, 5) is 12.7. The summed E-state index contributed by atoms with van der Waals surface area (Å²) in [5, 5.41) is 14.5. The third-order valence-electron chi connectivity index (χ3n) is 6.87. The summed E-state index contributed by atoms with van der Waals surface area (Å²) in [6.07, 6.45) is 7.32. The molecule has 1 fully saturated rings. The van der Waals surface area contributed by atoms with Crippen LogP contribution in [0.4, 0.5) is 0 Å². The van der Waals surface area contributed by atoms with Crippen LogP contribution in [-0.4, -0.2) is 39.7 Å². The molecule has 1 N–H and O–H groups in total. The molecule has 0 spiro atoms. The highest BCUT2D eigenvalue weighted by molar-refractivity contribution is 7.99. The fraction of sp³-hybridized carbons (Fsp3) is 0.290. The Labute approximate surface area is 249 Å². The molecule has 1 amide bonds. The van der Waals surface area contributed by atoms with Crippen molar-refractivity contribution in [1.82, 2.24) is 20.2 Å². The van der Waals surface area contributed by atoms with Crippen molar-refractivity contribution in [3.8, 4) is 22.9 Å². The number of benzene rings is 3. The van der Waals surface area contributed by atoms with E-state index in [1.165, 1.54) is 31.0 Å². The van der Waals surface area contributed by atoms with Crippen molar-refractivity contribution in [2.75, 3.05) is 12.9 Å². The zero-order chi connectivity index (χ0) is 28.4. The Balaban J connectivity index is 1.21. The highest BCUT2D eigenvalue weighted by Crippen LogP contribution is 2.36. The fourth-order valence-electron chi connectivity index (χ4n) is 4.80. The molecule has 1 heterocycles. The second-order valence-corrected chi connectivity index (χ2v) is 11.1. The first-order valence-corrected chi connectivity index (χ1v) is 15.0. The maximum atomic E-state index is 12.7. The van der Waals surface area contributed by atoms with E-state index in [0.717, 1.165) is 40.5 Å². The highest BCUT2D eigenvalue weighted by atomic mass is 35.5. The molecule has 1 aliphatic rings. The minimum Gasteiger partial charge on any atom is -0.493 e. The number of carbonyl (C=O) groups excluding carboxylic acids is 1. The van der Waals surface area contributed by atoms with E-state index in [0.29, 0.717) is 29.2 Å². The van der Waals surface area contributed by atoms with Gasteiger partial charge >= 0.3 is 0 Å². The average Bonchev–Trinajstić information content (AvgIpc) is 3.44. The summed E-state index contributed by atoms with van der Waals surface area (Å²) >= 11 is 7.47. The Morgan fingerprint density at radius 1 is 1.05 bits per heavy atom. The first kappa shape index (κ1) is 28.7. The predicted molar refractivity (Wildman–Crippen MR) is 163 cm³/mol. The van der Waals surface area contributed by atoms with Crippen LogP contribution in [0.25, 0.3) is 11.4 Å². The van der Waals surface area contributed by atoms with Crippen molar-refractivity contribution in [3.63, 3.8) is 0 Å². The fourth-order valence-corrected chi connectivity index (χ4v) is 5.73. The molecule has 4 aromatic rings. The highest BCUT2D eigenvalue weighted by Gasteiger charge is 2.24. The van der Waals surface area contributed by atoms with Gasteiger partial charge in [0.1, 0.15) is 6.61 Å². The van der Waals surface area contributed by atoms with E-state index in [-0.39, 0.29) is 11.7 Å². The van der Waals surface area contributed by atoms with Gasteiger partial charge in [-0.25, -0.2) is 5.43 Å². The third-order valence-corrected chi connectivity index (χ3v) is 8.06. The molecule has 3 aromatic carbocycles.